The highest BCUT2D eigenvalue weighted by Gasteiger charge is 2.37. The van der Waals surface area contributed by atoms with Gasteiger partial charge in [0.05, 0.1) is 5.56 Å². The summed E-state index contributed by atoms with van der Waals surface area (Å²) in [6, 6.07) is 2.31. The van der Waals surface area contributed by atoms with E-state index >= 15 is 0 Å². The zero-order chi connectivity index (χ0) is 15.8. The molecular formula is C14H17ClF4N2O. The predicted molar refractivity (Wildman–Crippen MR) is 76.3 cm³/mol. The summed E-state index contributed by atoms with van der Waals surface area (Å²) in [6.07, 6.45) is -4.13. The number of nitrogens with two attached hydrogens (primary N) is 1. The Bertz CT molecular complexity index is 564. The predicted octanol–water partition coefficient (Wildman–Crippen LogP) is 3.08. The van der Waals surface area contributed by atoms with E-state index in [1.54, 1.807) is 0 Å². The van der Waals surface area contributed by atoms with Crippen LogP contribution in [-0.4, -0.2) is 30.4 Å². The fourth-order valence-corrected chi connectivity index (χ4v) is 2.42. The van der Waals surface area contributed by atoms with Gasteiger partial charge < -0.3 is 10.6 Å². The van der Waals surface area contributed by atoms with Crippen LogP contribution in [-0.2, 0) is 6.18 Å². The molecule has 22 heavy (non-hydrogen) atoms. The molecule has 0 bridgehead atoms. The molecule has 8 heteroatoms. The van der Waals surface area contributed by atoms with Gasteiger partial charge in [-0.2, -0.15) is 13.2 Å². The Labute approximate surface area is 131 Å². The number of hydrogen-bond acceptors (Lipinski definition) is 2. The van der Waals surface area contributed by atoms with E-state index in [1.807, 2.05) is 6.92 Å². The van der Waals surface area contributed by atoms with E-state index in [9.17, 15) is 22.4 Å². The van der Waals surface area contributed by atoms with Crippen molar-refractivity contribution in [2.75, 3.05) is 19.6 Å². The molecule has 1 saturated heterocycles. The van der Waals surface area contributed by atoms with E-state index in [-0.39, 0.29) is 23.4 Å². The standard InChI is InChI=1S/C14H16F4N2O.ClH/c1-13(7-19)4-5-20(8-13)12(21)9-2-3-11(15)10(6-9)14(16,17)18;/h2-3,6H,4-5,7-8,19H2,1H3;1H. The molecule has 0 saturated carbocycles. The Morgan fingerprint density at radius 3 is 2.55 bits per heavy atom. The van der Waals surface area contributed by atoms with Crippen LogP contribution in [0.5, 0.6) is 0 Å². The minimum Gasteiger partial charge on any atom is -0.338 e. The first-order valence-electron chi connectivity index (χ1n) is 6.52. The second-order valence-corrected chi connectivity index (χ2v) is 5.68. The lowest BCUT2D eigenvalue weighted by Crippen LogP contribution is -2.34. The zero-order valence-electron chi connectivity index (χ0n) is 11.9. The molecule has 3 nitrogen and oxygen atoms in total. The van der Waals surface area contributed by atoms with Crippen LogP contribution in [0.25, 0.3) is 0 Å². The van der Waals surface area contributed by atoms with Crippen molar-refractivity contribution in [2.45, 2.75) is 19.5 Å². The van der Waals surface area contributed by atoms with Gasteiger partial charge in [-0.1, -0.05) is 6.92 Å². The summed E-state index contributed by atoms with van der Waals surface area (Å²) in [7, 11) is 0. The smallest absolute Gasteiger partial charge is 0.338 e. The fourth-order valence-electron chi connectivity index (χ4n) is 2.42. The molecule has 1 fully saturated rings. The normalized spacial score (nSPS) is 21.6. The fraction of sp³-hybridized carbons (Fsp3) is 0.500. The van der Waals surface area contributed by atoms with Crippen LogP contribution < -0.4 is 5.73 Å². The van der Waals surface area contributed by atoms with Gasteiger partial charge in [0.15, 0.2) is 0 Å². The number of amides is 1. The van der Waals surface area contributed by atoms with E-state index in [2.05, 4.69) is 0 Å². The van der Waals surface area contributed by atoms with E-state index < -0.39 is 23.5 Å². The lowest BCUT2D eigenvalue weighted by atomic mass is 9.90. The Kier molecular flexibility index (Phi) is 5.46. The largest absolute Gasteiger partial charge is 0.419 e. The van der Waals surface area contributed by atoms with E-state index in [0.717, 1.165) is 6.07 Å². The number of alkyl halides is 3. The molecule has 1 unspecified atom stereocenters. The van der Waals surface area contributed by atoms with Gasteiger partial charge in [-0.3, -0.25) is 4.79 Å². The Balaban J connectivity index is 0.00000242. The Morgan fingerprint density at radius 1 is 1.41 bits per heavy atom. The summed E-state index contributed by atoms with van der Waals surface area (Å²) < 4.78 is 51.2. The first-order chi connectivity index (χ1) is 9.66. The maximum absolute atomic E-state index is 13.2. The lowest BCUT2D eigenvalue weighted by molar-refractivity contribution is -0.140. The zero-order valence-corrected chi connectivity index (χ0v) is 12.7. The maximum atomic E-state index is 13.2. The summed E-state index contributed by atoms with van der Waals surface area (Å²) in [5.74, 6) is -1.91. The van der Waals surface area contributed by atoms with Crippen LogP contribution in [0, 0.1) is 11.2 Å². The number of carbonyl (C=O) groups is 1. The molecular weight excluding hydrogens is 324 g/mol. The van der Waals surface area contributed by atoms with E-state index in [4.69, 9.17) is 5.73 Å². The lowest BCUT2D eigenvalue weighted by Gasteiger charge is -2.22. The second kappa shape index (κ2) is 6.42. The monoisotopic (exact) mass is 340 g/mol. The van der Waals surface area contributed by atoms with Crippen molar-refractivity contribution in [1.29, 1.82) is 0 Å². The first kappa shape index (κ1) is 18.7. The van der Waals surface area contributed by atoms with Gasteiger partial charge in [-0.15, -0.1) is 12.4 Å². The molecule has 1 aromatic rings. The molecule has 1 amide bonds. The minimum absolute atomic E-state index is 0. The van der Waals surface area contributed by atoms with Crippen LogP contribution in [0.4, 0.5) is 17.6 Å². The van der Waals surface area contributed by atoms with Crippen molar-refractivity contribution in [3.8, 4) is 0 Å². The minimum atomic E-state index is -4.82. The quantitative estimate of drug-likeness (QED) is 0.841. The molecule has 2 rings (SSSR count). The first-order valence-corrected chi connectivity index (χ1v) is 6.52. The van der Waals surface area contributed by atoms with Crippen molar-refractivity contribution < 1.29 is 22.4 Å². The average Bonchev–Trinajstić information content (AvgIpc) is 2.81. The highest BCUT2D eigenvalue weighted by atomic mass is 35.5. The Hall–Kier alpha value is -1.34. The van der Waals surface area contributed by atoms with Gasteiger partial charge in [-0.05, 0) is 36.6 Å². The third-order valence-corrected chi connectivity index (χ3v) is 3.86. The van der Waals surface area contributed by atoms with Gasteiger partial charge in [-0.25, -0.2) is 4.39 Å². The summed E-state index contributed by atoms with van der Waals surface area (Å²) in [5, 5.41) is 0. The van der Waals surface area contributed by atoms with Gasteiger partial charge in [0.25, 0.3) is 5.91 Å². The number of nitrogens with zero attached hydrogens (tertiary/aromatic N) is 1. The number of benzene rings is 1. The molecule has 2 N–H and O–H groups in total. The Morgan fingerprint density at radius 2 is 2.05 bits per heavy atom. The van der Waals surface area contributed by atoms with Crippen molar-refractivity contribution in [1.82, 2.24) is 4.90 Å². The third-order valence-electron chi connectivity index (χ3n) is 3.86. The molecule has 0 radical (unpaired) electrons. The van der Waals surface area contributed by atoms with Crippen molar-refractivity contribution in [3.05, 3.63) is 35.1 Å². The van der Waals surface area contributed by atoms with Crippen molar-refractivity contribution in [3.63, 3.8) is 0 Å². The number of halogens is 5. The number of rotatable bonds is 2. The molecule has 1 aliphatic rings. The maximum Gasteiger partial charge on any atom is 0.419 e. The second-order valence-electron chi connectivity index (χ2n) is 5.68. The van der Waals surface area contributed by atoms with E-state index in [1.165, 1.54) is 4.90 Å². The molecule has 1 heterocycles. The van der Waals surface area contributed by atoms with Crippen LogP contribution >= 0.6 is 12.4 Å². The number of carbonyl (C=O) groups excluding carboxylic acids is 1. The van der Waals surface area contributed by atoms with Crippen LogP contribution in [0.2, 0.25) is 0 Å². The van der Waals surface area contributed by atoms with Crippen molar-refractivity contribution >= 4 is 18.3 Å². The molecule has 1 aromatic carbocycles. The molecule has 124 valence electrons. The third kappa shape index (κ3) is 3.70. The summed E-state index contributed by atoms with van der Waals surface area (Å²) >= 11 is 0. The molecule has 1 atom stereocenters. The van der Waals surface area contributed by atoms with Crippen LogP contribution in [0.3, 0.4) is 0 Å². The van der Waals surface area contributed by atoms with Gasteiger partial charge in [0, 0.05) is 18.7 Å². The van der Waals surface area contributed by atoms with Gasteiger partial charge in [0.2, 0.25) is 0 Å². The highest BCUT2D eigenvalue weighted by molar-refractivity contribution is 5.94. The molecule has 0 aromatic heterocycles. The van der Waals surface area contributed by atoms with Gasteiger partial charge in [0.1, 0.15) is 5.82 Å². The summed E-state index contributed by atoms with van der Waals surface area (Å²) in [4.78, 5) is 13.7. The summed E-state index contributed by atoms with van der Waals surface area (Å²) in [6.45, 7) is 3.15. The highest BCUT2D eigenvalue weighted by Crippen LogP contribution is 2.33. The van der Waals surface area contributed by atoms with Crippen LogP contribution in [0.1, 0.15) is 29.3 Å². The molecule has 1 aliphatic heterocycles. The van der Waals surface area contributed by atoms with Gasteiger partial charge >= 0.3 is 6.18 Å². The molecule has 0 aliphatic carbocycles. The number of hydrogen-bond donors (Lipinski definition) is 1. The topological polar surface area (TPSA) is 46.3 Å². The number of likely N-dealkylation sites (tertiary alicyclic amines) is 1. The SMILES string of the molecule is CC1(CN)CCN(C(=O)c2ccc(F)c(C(F)(F)F)c2)C1.Cl. The molecule has 0 spiro atoms. The van der Waals surface area contributed by atoms with Crippen molar-refractivity contribution in [2.24, 2.45) is 11.1 Å². The summed E-state index contributed by atoms with van der Waals surface area (Å²) in [5.41, 5.74) is 3.83. The van der Waals surface area contributed by atoms with Crippen LogP contribution in [0.15, 0.2) is 18.2 Å². The average molecular weight is 341 g/mol. The van der Waals surface area contributed by atoms with E-state index in [0.29, 0.717) is 38.2 Å².